The molecule has 0 bridgehead atoms. The summed E-state index contributed by atoms with van der Waals surface area (Å²) in [5.41, 5.74) is 5.63. The number of nitrogens with two attached hydrogens (primary N) is 1. The van der Waals surface area contributed by atoms with E-state index in [2.05, 4.69) is 70.8 Å². The van der Waals surface area contributed by atoms with Crippen LogP contribution in [0, 0.1) is 0 Å². The van der Waals surface area contributed by atoms with E-state index in [1.54, 1.807) is 0 Å². The second kappa shape index (κ2) is 7.11. The van der Waals surface area contributed by atoms with Crippen molar-refractivity contribution in [3.05, 3.63) is 12.4 Å². The van der Waals surface area contributed by atoms with Crippen LogP contribution in [0.4, 0.5) is 0 Å². The van der Waals surface area contributed by atoms with Gasteiger partial charge in [0, 0.05) is 0 Å². The Morgan fingerprint density at radius 2 is 1.29 bits per heavy atom. The molecule has 126 valence electrons. The summed E-state index contributed by atoms with van der Waals surface area (Å²) in [5, 5.41) is 3.09. The molecule has 0 aliphatic heterocycles. The van der Waals surface area contributed by atoms with Crippen molar-refractivity contribution in [3.8, 4) is 0 Å². The quantitative estimate of drug-likeness (QED) is 0.614. The summed E-state index contributed by atoms with van der Waals surface area (Å²) in [6, 6.07) is 0. The predicted molar refractivity (Wildman–Crippen MR) is 100 cm³/mol. The monoisotopic (exact) mass is 366 g/mol. The minimum absolute atomic E-state index is 0.446. The maximum Gasteiger partial charge on any atom is 0.335 e. The normalized spacial score (nSPS) is 16.4. The fourth-order valence-corrected chi connectivity index (χ4v) is 19.7. The summed E-state index contributed by atoms with van der Waals surface area (Å²) in [6.07, 6.45) is 0.595. The van der Waals surface area contributed by atoms with Crippen LogP contribution < -0.4 is 11.1 Å². The molecule has 1 atom stereocenters. The van der Waals surface area contributed by atoms with Gasteiger partial charge in [-0.25, -0.2) is 0 Å². The molecule has 0 fully saturated rings. The van der Waals surface area contributed by atoms with Gasteiger partial charge in [0.1, 0.15) is 0 Å². The minimum Gasteiger partial charge on any atom is -0.437 e. The first-order valence-corrected chi connectivity index (χ1v) is 19.5. The molecule has 1 unspecified atom stereocenters. The molecule has 0 saturated heterocycles. The molecule has 0 saturated carbocycles. The number of nitrogens with one attached hydrogen (secondary N) is 1. The zero-order valence-corrected chi connectivity index (χ0v) is 19.2. The summed E-state index contributed by atoms with van der Waals surface area (Å²) in [7, 11) is -8.01. The smallest absolute Gasteiger partial charge is 0.335 e. The molecule has 0 aromatic heterocycles. The van der Waals surface area contributed by atoms with Crippen LogP contribution in [0.15, 0.2) is 12.4 Å². The molecule has 0 rings (SSSR count). The Kier molecular flexibility index (Phi) is 7.14. The second-order valence-corrected chi connectivity index (χ2v) is 24.3. The van der Waals surface area contributed by atoms with Crippen LogP contribution in [0.2, 0.25) is 58.9 Å². The molecule has 0 amide bonds. The Morgan fingerprint density at radius 1 is 0.857 bits per heavy atom. The highest BCUT2D eigenvalue weighted by molar-refractivity contribution is 6.89. The van der Waals surface area contributed by atoms with E-state index < -0.39 is 33.8 Å². The number of hydrogen-bond acceptors (Lipinski definition) is 5. The molecule has 0 aliphatic carbocycles. The lowest BCUT2D eigenvalue weighted by Crippen LogP contribution is -2.61. The maximum absolute atomic E-state index is 6.47. The third kappa shape index (κ3) is 11.3. The molecule has 9 heteroatoms. The van der Waals surface area contributed by atoms with Gasteiger partial charge in [-0.15, -0.1) is 0 Å². The van der Waals surface area contributed by atoms with E-state index in [-0.39, 0.29) is 0 Å². The van der Waals surface area contributed by atoms with Crippen LogP contribution in [0.3, 0.4) is 0 Å². The van der Waals surface area contributed by atoms with E-state index in [0.717, 1.165) is 0 Å². The van der Waals surface area contributed by atoms with E-state index >= 15 is 0 Å². The Hall–Kier alpha value is 0.0875. The van der Waals surface area contributed by atoms with Gasteiger partial charge in [-0.05, 0) is 58.9 Å². The maximum atomic E-state index is 6.47. The molecule has 5 nitrogen and oxygen atoms in total. The molecule has 0 radical (unpaired) electrons. The van der Waals surface area contributed by atoms with Crippen molar-refractivity contribution in [2.45, 2.75) is 58.9 Å². The molecule has 0 heterocycles. The van der Waals surface area contributed by atoms with Gasteiger partial charge in [0.05, 0.1) is 12.0 Å². The van der Waals surface area contributed by atoms with Crippen molar-refractivity contribution in [1.82, 2.24) is 5.32 Å². The van der Waals surface area contributed by atoms with E-state index in [4.69, 9.17) is 18.1 Å². The zero-order valence-electron chi connectivity index (χ0n) is 15.2. The SMILES string of the molecule is C=C(N)NC[Si](C)(O[Si](C)(C)C)O[Si](C)(C)O[Si](C)(C)C. The fraction of sp³-hybridized carbons (Fsp3) is 0.833. The third-order valence-corrected chi connectivity index (χ3v) is 15.3. The van der Waals surface area contributed by atoms with E-state index in [0.29, 0.717) is 12.0 Å². The van der Waals surface area contributed by atoms with Crippen LogP contribution in [-0.2, 0) is 12.3 Å². The van der Waals surface area contributed by atoms with Crippen LogP contribution in [-0.4, -0.2) is 39.9 Å². The van der Waals surface area contributed by atoms with Crippen LogP contribution in [0.5, 0.6) is 0 Å². The molecule has 3 N–H and O–H groups in total. The van der Waals surface area contributed by atoms with Crippen molar-refractivity contribution in [2.75, 3.05) is 6.17 Å². The first kappa shape index (κ1) is 21.1. The second-order valence-electron chi connectivity index (χ2n) is 7.94. The van der Waals surface area contributed by atoms with Gasteiger partial charge in [0.15, 0.2) is 16.6 Å². The molecule has 0 aromatic carbocycles. The Balaban J connectivity index is 5.08. The average Bonchev–Trinajstić information content (AvgIpc) is 2.05. The van der Waals surface area contributed by atoms with Crippen molar-refractivity contribution in [1.29, 1.82) is 0 Å². The molecular weight excluding hydrogens is 332 g/mol. The molecule has 0 aliphatic rings. The average molecular weight is 367 g/mol. The Morgan fingerprint density at radius 3 is 1.62 bits per heavy atom. The Labute approximate surface area is 135 Å². The van der Waals surface area contributed by atoms with Gasteiger partial charge in [-0.2, -0.15) is 0 Å². The lowest BCUT2D eigenvalue weighted by atomic mass is 10.8. The first-order chi connectivity index (χ1) is 9.04. The highest BCUT2D eigenvalue weighted by Crippen LogP contribution is 2.23. The fourth-order valence-electron chi connectivity index (χ4n) is 2.29. The molecule has 0 spiro atoms. The van der Waals surface area contributed by atoms with Crippen LogP contribution in [0.1, 0.15) is 0 Å². The van der Waals surface area contributed by atoms with E-state index in [1.807, 2.05) is 0 Å². The summed E-state index contributed by atoms with van der Waals surface area (Å²) < 4.78 is 19.2. The van der Waals surface area contributed by atoms with Gasteiger partial charge >= 0.3 is 17.1 Å². The highest BCUT2D eigenvalue weighted by atomic mass is 28.5. The lowest BCUT2D eigenvalue weighted by molar-refractivity contribution is 0.322. The topological polar surface area (TPSA) is 65.7 Å². The zero-order chi connectivity index (χ0) is 17.1. The number of rotatable bonds is 9. The van der Waals surface area contributed by atoms with Crippen molar-refractivity contribution in [2.24, 2.45) is 5.73 Å². The lowest BCUT2D eigenvalue weighted by Gasteiger charge is -2.41. The van der Waals surface area contributed by atoms with Crippen molar-refractivity contribution < 1.29 is 12.3 Å². The standard InChI is InChI=1S/C12H34N2O3Si4/c1-12(13)14-11-21(10,16-19(5,6)7)17-20(8,9)15-18(2,3)4/h14H,1,11,13H2,2-10H3. The van der Waals surface area contributed by atoms with Gasteiger partial charge in [-0.1, -0.05) is 6.58 Å². The van der Waals surface area contributed by atoms with Crippen LogP contribution >= 0.6 is 0 Å². The Bertz CT molecular complexity index is 366. The van der Waals surface area contributed by atoms with Gasteiger partial charge < -0.3 is 23.4 Å². The molecular formula is C12H34N2O3Si4. The summed E-state index contributed by atoms with van der Waals surface area (Å²) in [4.78, 5) is 0. The van der Waals surface area contributed by atoms with Crippen molar-refractivity contribution in [3.63, 3.8) is 0 Å². The minimum atomic E-state index is -2.41. The van der Waals surface area contributed by atoms with Gasteiger partial charge in [0.2, 0.25) is 0 Å². The van der Waals surface area contributed by atoms with Gasteiger partial charge in [0.25, 0.3) is 0 Å². The predicted octanol–water partition coefficient (Wildman–Crippen LogP) is 3.04. The summed E-state index contributed by atoms with van der Waals surface area (Å²) in [5.74, 6) is 0.446. The van der Waals surface area contributed by atoms with Crippen molar-refractivity contribution >= 4 is 33.8 Å². The van der Waals surface area contributed by atoms with Gasteiger partial charge in [-0.3, -0.25) is 0 Å². The highest BCUT2D eigenvalue weighted by Gasteiger charge is 2.44. The molecule has 21 heavy (non-hydrogen) atoms. The molecule has 0 aromatic rings. The van der Waals surface area contributed by atoms with Crippen LogP contribution in [0.25, 0.3) is 0 Å². The largest absolute Gasteiger partial charge is 0.437 e. The first-order valence-electron chi connectivity index (χ1n) is 7.32. The van der Waals surface area contributed by atoms with E-state index in [9.17, 15) is 0 Å². The summed E-state index contributed by atoms with van der Waals surface area (Å²) in [6.45, 7) is 23.0. The third-order valence-electron chi connectivity index (χ3n) is 2.17. The summed E-state index contributed by atoms with van der Waals surface area (Å²) >= 11 is 0. The number of hydrogen-bond donors (Lipinski definition) is 2. The van der Waals surface area contributed by atoms with E-state index in [1.165, 1.54) is 0 Å².